The molecule has 0 unspecified atom stereocenters. The lowest BCUT2D eigenvalue weighted by molar-refractivity contribution is -0.139. The van der Waals surface area contributed by atoms with Gasteiger partial charge in [0.2, 0.25) is 0 Å². The molecule has 0 fully saturated rings. The summed E-state index contributed by atoms with van der Waals surface area (Å²) < 4.78 is 21.8. The zero-order valence-electron chi connectivity index (χ0n) is 24.1. The molecule has 0 saturated heterocycles. The number of carbonyl (C=O) groups is 3. The van der Waals surface area contributed by atoms with Gasteiger partial charge in [0.05, 0.1) is 24.3 Å². The Morgan fingerprint density at radius 1 is 0.732 bits per heavy atom. The third-order valence-electron chi connectivity index (χ3n) is 6.29. The first-order valence-corrected chi connectivity index (χ1v) is 14.0. The average molecular weight is 559 g/mol. The van der Waals surface area contributed by atoms with E-state index in [4.69, 9.17) is 18.9 Å². The number of hydrogen-bond acceptors (Lipinski definition) is 7. The van der Waals surface area contributed by atoms with Crippen molar-refractivity contribution in [2.45, 2.75) is 59.3 Å². The molecule has 3 rings (SSSR count). The van der Waals surface area contributed by atoms with Crippen LogP contribution in [0.5, 0.6) is 17.2 Å². The van der Waals surface area contributed by atoms with Crippen molar-refractivity contribution >= 4 is 17.9 Å². The summed E-state index contributed by atoms with van der Waals surface area (Å²) >= 11 is 0. The van der Waals surface area contributed by atoms with E-state index in [0.29, 0.717) is 60.0 Å². The maximum atomic E-state index is 12.7. The second-order valence-corrected chi connectivity index (χ2v) is 9.86. The number of unbranched alkanes of at least 4 members (excludes halogenated alkanes) is 3. The van der Waals surface area contributed by atoms with E-state index in [1.807, 2.05) is 19.1 Å². The van der Waals surface area contributed by atoms with Crippen LogP contribution in [-0.2, 0) is 16.0 Å². The SMILES string of the molecule is C=C(C)C(=O)OCCCCOc1ccc(C(=O)Oc2ccc(C(=O)Oc3ccc(CCCCC)cc3)cc2)cc1C. The lowest BCUT2D eigenvalue weighted by Gasteiger charge is -2.11. The molecule has 0 N–H and O–H groups in total. The van der Waals surface area contributed by atoms with Gasteiger partial charge in [-0.1, -0.05) is 38.5 Å². The molecular weight excluding hydrogens is 520 g/mol. The van der Waals surface area contributed by atoms with Crippen molar-refractivity contribution in [1.29, 1.82) is 0 Å². The van der Waals surface area contributed by atoms with Gasteiger partial charge in [-0.3, -0.25) is 0 Å². The van der Waals surface area contributed by atoms with Crippen LogP contribution >= 0.6 is 0 Å². The molecule has 41 heavy (non-hydrogen) atoms. The Labute approximate surface area is 242 Å². The van der Waals surface area contributed by atoms with E-state index in [0.717, 1.165) is 18.4 Å². The molecule has 0 aliphatic carbocycles. The first kappa shape index (κ1) is 31.1. The van der Waals surface area contributed by atoms with Crippen molar-refractivity contribution in [1.82, 2.24) is 0 Å². The maximum Gasteiger partial charge on any atom is 0.343 e. The highest BCUT2D eigenvalue weighted by Gasteiger charge is 2.13. The van der Waals surface area contributed by atoms with Crippen LogP contribution in [0, 0.1) is 6.92 Å². The number of aryl methyl sites for hydroxylation is 2. The molecule has 0 aromatic heterocycles. The molecule has 7 nitrogen and oxygen atoms in total. The van der Waals surface area contributed by atoms with Crippen molar-refractivity contribution in [3.8, 4) is 17.2 Å². The first-order valence-electron chi connectivity index (χ1n) is 14.0. The molecular formula is C34H38O7. The standard InChI is InChI=1S/C34H38O7/c1-5-6-7-10-26-11-16-29(17-12-26)40-33(36)27-13-18-30(19-14-27)41-34(37)28-15-20-31(25(4)23-28)38-21-8-9-22-39-32(35)24(2)3/h11-20,23H,2,5-10,21-22H2,1,3-4H3. The number of carbonyl (C=O) groups excluding carboxylic acids is 3. The number of rotatable bonds is 15. The molecule has 0 bridgehead atoms. The summed E-state index contributed by atoms with van der Waals surface area (Å²) in [6.07, 6.45) is 5.91. The highest BCUT2D eigenvalue weighted by molar-refractivity contribution is 5.93. The molecule has 3 aromatic rings. The van der Waals surface area contributed by atoms with Crippen LogP contribution in [0.3, 0.4) is 0 Å². The van der Waals surface area contributed by atoms with Gasteiger partial charge in [0.15, 0.2) is 0 Å². The average Bonchev–Trinajstić information content (AvgIpc) is 2.96. The van der Waals surface area contributed by atoms with E-state index in [1.54, 1.807) is 61.5 Å². The quantitative estimate of drug-likeness (QED) is 0.0829. The Morgan fingerprint density at radius 3 is 1.93 bits per heavy atom. The van der Waals surface area contributed by atoms with Gasteiger partial charge in [0, 0.05) is 5.57 Å². The van der Waals surface area contributed by atoms with Crippen LogP contribution in [0.2, 0.25) is 0 Å². The predicted octanol–water partition coefficient (Wildman–Crippen LogP) is 7.44. The molecule has 216 valence electrons. The number of hydrogen-bond donors (Lipinski definition) is 0. The van der Waals surface area contributed by atoms with E-state index in [1.165, 1.54) is 18.4 Å². The van der Waals surface area contributed by atoms with Crippen LogP contribution in [0.25, 0.3) is 0 Å². The Morgan fingerprint density at radius 2 is 1.32 bits per heavy atom. The third kappa shape index (κ3) is 10.3. The lowest BCUT2D eigenvalue weighted by atomic mass is 10.1. The number of benzene rings is 3. The van der Waals surface area contributed by atoms with Gasteiger partial charge in [-0.05, 0) is 105 Å². The highest BCUT2D eigenvalue weighted by atomic mass is 16.5. The summed E-state index contributed by atoms with van der Waals surface area (Å²) in [5.41, 5.74) is 3.12. The second-order valence-electron chi connectivity index (χ2n) is 9.86. The fraction of sp³-hybridized carbons (Fsp3) is 0.324. The summed E-state index contributed by atoms with van der Waals surface area (Å²) in [5.74, 6) is 0.0607. The molecule has 0 heterocycles. The van der Waals surface area contributed by atoms with Crippen molar-refractivity contribution in [3.05, 3.63) is 101 Å². The van der Waals surface area contributed by atoms with E-state index in [2.05, 4.69) is 13.5 Å². The zero-order chi connectivity index (χ0) is 29.6. The van der Waals surface area contributed by atoms with E-state index >= 15 is 0 Å². The summed E-state index contributed by atoms with van der Waals surface area (Å²) in [6.45, 7) is 9.95. The second kappa shape index (κ2) is 16.0. The largest absolute Gasteiger partial charge is 0.493 e. The summed E-state index contributed by atoms with van der Waals surface area (Å²) in [5, 5.41) is 0. The van der Waals surface area contributed by atoms with Gasteiger partial charge >= 0.3 is 17.9 Å². The Hall–Kier alpha value is -4.39. The molecule has 0 spiro atoms. The monoisotopic (exact) mass is 558 g/mol. The highest BCUT2D eigenvalue weighted by Crippen LogP contribution is 2.22. The van der Waals surface area contributed by atoms with Gasteiger partial charge in [0.1, 0.15) is 17.2 Å². The van der Waals surface area contributed by atoms with Gasteiger partial charge in [-0.15, -0.1) is 0 Å². The van der Waals surface area contributed by atoms with Crippen molar-refractivity contribution in [2.24, 2.45) is 0 Å². The topological polar surface area (TPSA) is 88.1 Å². The fourth-order valence-electron chi connectivity index (χ4n) is 3.91. The van der Waals surface area contributed by atoms with Crippen LogP contribution in [-0.4, -0.2) is 31.1 Å². The van der Waals surface area contributed by atoms with Crippen molar-refractivity contribution < 1.29 is 33.3 Å². The summed E-state index contributed by atoms with van der Waals surface area (Å²) in [6, 6.07) is 18.9. The van der Waals surface area contributed by atoms with Gasteiger partial charge in [-0.25, -0.2) is 14.4 Å². The Balaban J connectivity index is 1.45. The van der Waals surface area contributed by atoms with Crippen LogP contribution < -0.4 is 14.2 Å². The molecule has 3 aromatic carbocycles. The summed E-state index contributed by atoms with van der Waals surface area (Å²) in [7, 11) is 0. The molecule has 7 heteroatoms. The van der Waals surface area contributed by atoms with Crippen LogP contribution in [0.1, 0.15) is 77.8 Å². The molecule has 0 radical (unpaired) electrons. The lowest BCUT2D eigenvalue weighted by Crippen LogP contribution is -2.11. The molecule has 0 atom stereocenters. The number of ether oxygens (including phenoxy) is 4. The summed E-state index contributed by atoms with van der Waals surface area (Å²) in [4.78, 5) is 36.6. The minimum Gasteiger partial charge on any atom is -0.493 e. The Bertz CT molecular complexity index is 1320. The van der Waals surface area contributed by atoms with Gasteiger partial charge in [0.25, 0.3) is 0 Å². The smallest absolute Gasteiger partial charge is 0.343 e. The molecule has 0 aliphatic heterocycles. The minimum atomic E-state index is -0.520. The van der Waals surface area contributed by atoms with Crippen molar-refractivity contribution in [3.63, 3.8) is 0 Å². The number of esters is 3. The first-order chi connectivity index (χ1) is 19.8. The molecule has 0 aliphatic rings. The normalized spacial score (nSPS) is 10.5. The van der Waals surface area contributed by atoms with Gasteiger partial charge < -0.3 is 18.9 Å². The Kier molecular flexibility index (Phi) is 12.2. The third-order valence-corrected chi connectivity index (χ3v) is 6.29. The van der Waals surface area contributed by atoms with Crippen LogP contribution in [0.4, 0.5) is 0 Å². The van der Waals surface area contributed by atoms with E-state index in [-0.39, 0.29) is 0 Å². The predicted molar refractivity (Wildman–Crippen MR) is 158 cm³/mol. The zero-order valence-corrected chi connectivity index (χ0v) is 24.1. The molecule has 0 amide bonds. The maximum absolute atomic E-state index is 12.7. The van der Waals surface area contributed by atoms with Crippen LogP contribution in [0.15, 0.2) is 78.9 Å². The van der Waals surface area contributed by atoms with E-state index in [9.17, 15) is 14.4 Å². The van der Waals surface area contributed by atoms with Gasteiger partial charge in [-0.2, -0.15) is 0 Å². The minimum absolute atomic E-state index is 0.313. The molecule has 0 saturated carbocycles. The van der Waals surface area contributed by atoms with Crippen molar-refractivity contribution in [2.75, 3.05) is 13.2 Å². The van der Waals surface area contributed by atoms with E-state index < -0.39 is 17.9 Å². The fourth-order valence-corrected chi connectivity index (χ4v) is 3.91.